The number of hydrogen-bond donors (Lipinski definition) is 2. The van der Waals surface area contributed by atoms with Crippen LogP contribution in [0.5, 0.6) is 0 Å². The number of halogens is 2. The van der Waals surface area contributed by atoms with E-state index < -0.39 is 0 Å². The second kappa shape index (κ2) is 5.76. The molecule has 2 N–H and O–H groups in total. The summed E-state index contributed by atoms with van der Waals surface area (Å²) in [6, 6.07) is 13.1. The Balaban J connectivity index is 1.84. The van der Waals surface area contributed by atoms with Crippen molar-refractivity contribution in [3.05, 3.63) is 58.1 Å². The van der Waals surface area contributed by atoms with Gasteiger partial charge < -0.3 is 4.98 Å². The zero-order valence-electron chi connectivity index (χ0n) is 11.2. The first-order valence-corrected chi connectivity index (χ1v) is 7.09. The minimum Gasteiger partial charge on any atom is -0.323 e. The van der Waals surface area contributed by atoms with Crippen molar-refractivity contribution in [3.8, 4) is 0 Å². The Labute approximate surface area is 131 Å². The van der Waals surface area contributed by atoms with Crippen LogP contribution in [0.2, 0.25) is 10.0 Å². The Hall–Kier alpha value is -2.04. The maximum absolute atomic E-state index is 6.15. The van der Waals surface area contributed by atoms with E-state index in [0.29, 0.717) is 16.0 Å². The zero-order valence-corrected chi connectivity index (χ0v) is 12.7. The largest absolute Gasteiger partial charge is 0.323 e. The van der Waals surface area contributed by atoms with Crippen LogP contribution in [0.25, 0.3) is 11.0 Å². The van der Waals surface area contributed by atoms with E-state index in [2.05, 4.69) is 20.5 Å². The number of hydrogen-bond acceptors (Lipinski definition) is 3. The van der Waals surface area contributed by atoms with Gasteiger partial charge in [-0.1, -0.05) is 41.4 Å². The number of aromatic nitrogens is 2. The molecule has 0 amide bonds. The van der Waals surface area contributed by atoms with Crippen molar-refractivity contribution in [2.45, 2.75) is 6.92 Å². The number of hydrazone groups is 1. The molecule has 0 bridgehead atoms. The first-order valence-electron chi connectivity index (χ1n) is 6.34. The van der Waals surface area contributed by atoms with E-state index in [9.17, 15) is 0 Å². The van der Waals surface area contributed by atoms with Gasteiger partial charge in [0.15, 0.2) is 0 Å². The number of anilines is 1. The van der Waals surface area contributed by atoms with Crippen LogP contribution >= 0.6 is 23.2 Å². The molecule has 0 aliphatic carbocycles. The predicted octanol–water partition coefficient (Wildman–Crippen LogP) is 4.71. The average molecular weight is 319 g/mol. The topological polar surface area (TPSA) is 53.1 Å². The standard InChI is InChI=1S/C15H12Cl2N4/c1-9(11-7-6-10(16)8-12(11)17)20-21-15-18-13-4-2-3-5-14(13)19-15/h2-8H,1H3,(H2,18,19,21). The molecule has 0 atom stereocenters. The highest BCUT2D eigenvalue weighted by Gasteiger charge is 2.05. The number of rotatable bonds is 3. The van der Waals surface area contributed by atoms with E-state index >= 15 is 0 Å². The molecule has 0 fully saturated rings. The van der Waals surface area contributed by atoms with E-state index in [1.165, 1.54) is 0 Å². The van der Waals surface area contributed by atoms with Gasteiger partial charge in [0.25, 0.3) is 0 Å². The van der Waals surface area contributed by atoms with E-state index in [4.69, 9.17) is 23.2 Å². The lowest BCUT2D eigenvalue weighted by atomic mass is 10.1. The Kier molecular flexibility index (Phi) is 3.82. The van der Waals surface area contributed by atoms with E-state index in [0.717, 1.165) is 22.3 Å². The van der Waals surface area contributed by atoms with Gasteiger partial charge in [0, 0.05) is 10.6 Å². The zero-order chi connectivity index (χ0) is 14.8. The van der Waals surface area contributed by atoms with Crippen LogP contribution in [0.3, 0.4) is 0 Å². The monoisotopic (exact) mass is 318 g/mol. The number of nitrogens with zero attached hydrogens (tertiary/aromatic N) is 2. The van der Waals surface area contributed by atoms with Crippen molar-refractivity contribution in [2.75, 3.05) is 5.43 Å². The van der Waals surface area contributed by atoms with Gasteiger partial charge in [-0.2, -0.15) is 5.10 Å². The van der Waals surface area contributed by atoms with Crippen LogP contribution in [0, 0.1) is 0 Å². The number of nitrogens with one attached hydrogen (secondary N) is 2. The molecule has 6 heteroatoms. The van der Waals surface area contributed by atoms with Crippen LogP contribution in [0.15, 0.2) is 47.6 Å². The molecule has 1 heterocycles. The summed E-state index contributed by atoms with van der Waals surface area (Å²) in [5.41, 5.74) is 6.32. The third-order valence-corrected chi connectivity index (χ3v) is 3.59. The number of H-pyrrole nitrogens is 1. The molecule has 106 valence electrons. The van der Waals surface area contributed by atoms with E-state index in [-0.39, 0.29) is 0 Å². The van der Waals surface area contributed by atoms with Gasteiger partial charge >= 0.3 is 0 Å². The average Bonchev–Trinajstić information content (AvgIpc) is 2.87. The molecule has 3 aromatic rings. The highest BCUT2D eigenvalue weighted by Crippen LogP contribution is 2.21. The van der Waals surface area contributed by atoms with Gasteiger partial charge in [-0.25, -0.2) is 10.4 Å². The molecule has 0 spiro atoms. The Bertz CT molecular complexity index is 790. The third-order valence-electron chi connectivity index (χ3n) is 3.04. The molecule has 0 saturated carbocycles. The minimum atomic E-state index is 0.565. The summed E-state index contributed by atoms with van der Waals surface area (Å²) in [5, 5.41) is 5.46. The fourth-order valence-electron chi connectivity index (χ4n) is 1.99. The quantitative estimate of drug-likeness (QED) is 0.543. The van der Waals surface area contributed by atoms with Gasteiger partial charge in [-0.3, -0.25) is 0 Å². The molecule has 0 radical (unpaired) electrons. The normalized spacial score (nSPS) is 11.9. The third kappa shape index (κ3) is 3.01. The summed E-state index contributed by atoms with van der Waals surface area (Å²) in [4.78, 5) is 7.53. The van der Waals surface area contributed by atoms with Gasteiger partial charge in [0.1, 0.15) is 0 Å². The number of fused-ring (bicyclic) bond motifs is 1. The summed E-state index contributed by atoms with van der Waals surface area (Å²) in [7, 11) is 0. The molecule has 3 rings (SSSR count). The molecule has 0 aliphatic heterocycles. The second-order valence-corrected chi connectivity index (χ2v) is 5.38. The summed E-state index contributed by atoms with van der Waals surface area (Å²) in [5.74, 6) is 0.584. The molecule has 21 heavy (non-hydrogen) atoms. The number of aromatic amines is 1. The van der Waals surface area contributed by atoms with Crippen LogP contribution in [-0.4, -0.2) is 15.7 Å². The SMILES string of the molecule is CC(=NNc1nc2ccccc2[nH]1)c1ccc(Cl)cc1Cl. The van der Waals surface area contributed by atoms with Gasteiger partial charge in [-0.05, 0) is 31.2 Å². The fraction of sp³-hybridized carbons (Fsp3) is 0.0667. The first kappa shape index (κ1) is 13.9. The first-order chi connectivity index (χ1) is 10.1. The Morgan fingerprint density at radius 3 is 2.76 bits per heavy atom. The molecule has 4 nitrogen and oxygen atoms in total. The Morgan fingerprint density at radius 2 is 2.00 bits per heavy atom. The van der Waals surface area contributed by atoms with E-state index in [1.54, 1.807) is 12.1 Å². The number of imidazole rings is 1. The smallest absolute Gasteiger partial charge is 0.222 e. The highest BCUT2D eigenvalue weighted by molar-refractivity contribution is 6.37. The molecular weight excluding hydrogens is 307 g/mol. The van der Waals surface area contributed by atoms with Crippen molar-refractivity contribution < 1.29 is 0 Å². The van der Waals surface area contributed by atoms with Crippen LogP contribution in [-0.2, 0) is 0 Å². The predicted molar refractivity (Wildman–Crippen MR) is 88.4 cm³/mol. The molecule has 0 aliphatic rings. The lowest BCUT2D eigenvalue weighted by Gasteiger charge is -2.04. The van der Waals surface area contributed by atoms with Crippen molar-refractivity contribution in [3.63, 3.8) is 0 Å². The van der Waals surface area contributed by atoms with Crippen molar-refractivity contribution in [2.24, 2.45) is 5.10 Å². The summed E-state index contributed by atoms with van der Waals surface area (Å²) < 4.78 is 0. The van der Waals surface area contributed by atoms with E-state index in [1.807, 2.05) is 37.3 Å². The molecule has 1 aromatic heterocycles. The van der Waals surface area contributed by atoms with Crippen molar-refractivity contribution in [1.29, 1.82) is 0 Å². The highest BCUT2D eigenvalue weighted by atomic mass is 35.5. The van der Waals surface area contributed by atoms with Crippen LogP contribution < -0.4 is 5.43 Å². The second-order valence-electron chi connectivity index (χ2n) is 4.54. The summed E-state index contributed by atoms with van der Waals surface area (Å²) in [6.07, 6.45) is 0. The van der Waals surface area contributed by atoms with Gasteiger partial charge in [-0.15, -0.1) is 0 Å². The summed E-state index contributed by atoms with van der Waals surface area (Å²) >= 11 is 12.0. The number of para-hydroxylation sites is 2. The molecule has 2 aromatic carbocycles. The van der Waals surface area contributed by atoms with Gasteiger partial charge in [0.2, 0.25) is 5.95 Å². The summed E-state index contributed by atoms with van der Waals surface area (Å²) in [6.45, 7) is 1.87. The lowest BCUT2D eigenvalue weighted by molar-refractivity contribution is 1.20. The van der Waals surface area contributed by atoms with Crippen LogP contribution in [0.1, 0.15) is 12.5 Å². The fourth-order valence-corrected chi connectivity index (χ4v) is 2.53. The Morgan fingerprint density at radius 1 is 1.19 bits per heavy atom. The van der Waals surface area contributed by atoms with Gasteiger partial charge in [0.05, 0.1) is 21.8 Å². The van der Waals surface area contributed by atoms with Crippen molar-refractivity contribution >= 4 is 45.9 Å². The minimum absolute atomic E-state index is 0.565. The maximum atomic E-state index is 6.15. The lowest BCUT2D eigenvalue weighted by Crippen LogP contribution is -2.01. The molecule has 0 saturated heterocycles. The maximum Gasteiger partial charge on any atom is 0.222 e. The molecule has 0 unspecified atom stereocenters. The molecular formula is C15H12Cl2N4. The van der Waals surface area contributed by atoms with Crippen molar-refractivity contribution in [1.82, 2.24) is 9.97 Å². The van der Waals surface area contributed by atoms with Crippen LogP contribution in [0.4, 0.5) is 5.95 Å². The number of benzene rings is 2.